The van der Waals surface area contributed by atoms with E-state index in [4.69, 9.17) is 5.73 Å². The van der Waals surface area contributed by atoms with E-state index < -0.39 is 0 Å². The molecule has 3 N–H and O–H groups in total. The van der Waals surface area contributed by atoms with Gasteiger partial charge in [-0.15, -0.1) is 0 Å². The highest BCUT2D eigenvalue weighted by atomic mass is 32.2. The zero-order chi connectivity index (χ0) is 12.5. The zero-order valence-electron chi connectivity index (χ0n) is 10.2. The summed E-state index contributed by atoms with van der Waals surface area (Å²) in [5.74, 6) is 0.543. The number of benzene rings is 1. The summed E-state index contributed by atoms with van der Waals surface area (Å²) >= 11 is 1.69. The van der Waals surface area contributed by atoms with Crippen LogP contribution in [0.25, 0.3) is 0 Å². The van der Waals surface area contributed by atoms with Crippen molar-refractivity contribution in [3.05, 3.63) is 41.7 Å². The standard InChI is InChI=1S/C13H16N4S/c1-8-6-11(18-13-15-7-16-17-13)12(14)10-5-3-2-4-9(8)10/h2-5,7-8,11-12H,6,14H2,1H3,(H,15,16,17). The van der Waals surface area contributed by atoms with Crippen LogP contribution in [0.15, 0.2) is 35.7 Å². The molecular weight excluding hydrogens is 244 g/mol. The Kier molecular flexibility index (Phi) is 3.09. The smallest absolute Gasteiger partial charge is 0.183 e. The van der Waals surface area contributed by atoms with Gasteiger partial charge < -0.3 is 5.73 Å². The normalized spacial score (nSPS) is 26.9. The molecule has 3 rings (SSSR count). The van der Waals surface area contributed by atoms with Crippen LogP contribution in [0, 0.1) is 0 Å². The molecule has 0 amide bonds. The van der Waals surface area contributed by atoms with Gasteiger partial charge in [-0.3, -0.25) is 5.10 Å². The fraction of sp³-hybridized carbons (Fsp3) is 0.385. The molecule has 1 aliphatic carbocycles. The Morgan fingerprint density at radius 3 is 2.83 bits per heavy atom. The van der Waals surface area contributed by atoms with Crippen molar-refractivity contribution in [3.63, 3.8) is 0 Å². The summed E-state index contributed by atoms with van der Waals surface area (Å²) in [6.07, 6.45) is 2.61. The van der Waals surface area contributed by atoms with Crippen LogP contribution in [0.1, 0.15) is 36.4 Å². The topological polar surface area (TPSA) is 67.6 Å². The number of nitrogens with two attached hydrogens (primary N) is 1. The number of fused-ring (bicyclic) bond motifs is 1. The van der Waals surface area contributed by atoms with Gasteiger partial charge in [-0.25, -0.2) is 4.98 Å². The summed E-state index contributed by atoms with van der Waals surface area (Å²) in [6.45, 7) is 2.26. The van der Waals surface area contributed by atoms with Crippen molar-refractivity contribution in [1.29, 1.82) is 0 Å². The Hall–Kier alpha value is -1.33. The second-order valence-electron chi connectivity index (χ2n) is 4.74. The Morgan fingerprint density at radius 1 is 1.33 bits per heavy atom. The van der Waals surface area contributed by atoms with E-state index in [0.717, 1.165) is 11.6 Å². The number of hydrogen-bond donors (Lipinski definition) is 2. The SMILES string of the molecule is CC1CC(Sc2ncn[nH]2)C(N)c2ccccc21. The molecule has 4 nitrogen and oxygen atoms in total. The highest BCUT2D eigenvalue weighted by Gasteiger charge is 2.31. The van der Waals surface area contributed by atoms with Crippen LogP contribution in [-0.2, 0) is 0 Å². The maximum absolute atomic E-state index is 6.39. The molecule has 1 aliphatic rings. The van der Waals surface area contributed by atoms with E-state index in [2.05, 4.69) is 46.4 Å². The third-order valence-electron chi connectivity index (χ3n) is 3.53. The van der Waals surface area contributed by atoms with Gasteiger partial charge in [0.2, 0.25) is 0 Å². The van der Waals surface area contributed by atoms with Crippen molar-refractivity contribution in [3.8, 4) is 0 Å². The molecule has 2 aromatic rings. The minimum atomic E-state index is 0.0625. The van der Waals surface area contributed by atoms with Crippen molar-refractivity contribution < 1.29 is 0 Å². The van der Waals surface area contributed by atoms with E-state index in [1.54, 1.807) is 11.8 Å². The average Bonchev–Trinajstić information content (AvgIpc) is 2.89. The molecular formula is C13H16N4S. The minimum Gasteiger partial charge on any atom is -0.323 e. The van der Waals surface area contributed by atoms with E-state index in [0.29, 0.717) is 11.2 Å². The number of H-pyrrole nitrogens is 1. The molecule has 0 spiro atoms. The molecule has 1 heterocycles. The maximum atomic E-state index is 6.39. The number of hydrogen-bond acceptors (Lipinski definition) is 4. The lowest BCUT2D eigenvalue weighted by atomic mass is 9.81. The van der Waals surface area contributed by atoms with Crippen molar-refractivity contribution >= 4 is 11.8 Å². The summed E-state index contributed by atoms with van der Waals surface area (Å²) in [5, 5.41) is 7.97. The zero-order valence-corrected chi connectivity index (χ0v) is 11.0. The Bertz CT molecular complexity index is 526. The molecule has 0 saturated heterocycles. The lowest BCUT2D eigenvalue weighted by Gasteiger charge is -2.33. The molecule has 0 saturated carbocycles. The predicted octanol–water partition coefficient (Wildman–Crippen LogP) is 2.47. The van der Waals surface area contributed by atoms with Gasteiger partial charge in [0.15, 0.2) is 5.16 Å². The van der Waals surface area contributed by atoms with Crippen molar-refractivity contribution in [2.45, 2.75) is 35.7 Å². The Morgan fingerprint density at radius 2 is 2.11 bits per heavy atom. The monoisotopic (exact) mass is 260 g/mol. The van der Waals surface area contributed by atoms with Gasteiger partial charge in [-0.1, -0.05) is 43.0 Å². The predicted molar refractivity (Wildman–Crippen MR) is 72.4 cm³/mol. The molecule has 1 aromatic heterocycles. The number of aromatic amines is 1. The first kappa shape index (κ1) is 11.7. The third-order valence-corrected chi connectivity index (χ3v) is 4.74. The van der Waals surface area contributed by atoms with E-state index in [1.165, 1.54) is 17.5 Å². The fourth-order valence-corrected chi connectivity index (χ4v) is 3.78. The third kappa shape index (κ3) is 2.04. The Balaban J connectivity index is 1.87. The summed E-state index contributed by atoms with van der Waals surface area (Å²) < 4.78 is 0. The van der Waals surface area contributed by atoms with Crippen LogP contribution in [0.3, 0.4) is 0 Å². The van der Waals surface area contributed by atoms with Crippen LogP contribution in [0.5, 0.6) is 0 Å². The average molecular weight is 260 g/mol. The molecule has 1 aromatic carbocycles. The molecule has 0 fully saturated rings. The molecule has 94 valence electrons. The number of thioether (sulfide) groups is 1. The minimum absolute atomic E-state index is 0.0625. The van der Waals surface area contributed by atoms with Gasteiger partial charge in [0, 0.05) is 11.3 Å². The summed E-state index contributed by atoms with van der Waals surface area (Å²) in [6, 6.07) is 8.55. The molecule has 18 heavy (non-hydrogen) atoms. The van der Waals surface area contributed by atoms with E-state index in [9.17, 15) is 0 Å². The van der Waals surface area contributed by atoms with E-state index in [1.807, 2.05) is 0 Å². The van der Waals surface area contributed by atoms with Gasteiger partial charge in [-0.2, -0.15) is 5.10 Å². The fourth-order valence-electron chi connectivity index (χ4n) is 2.60. The number of rotatable bonds is 2. The summed E-state index contributed by atoms with van der Waals surface area (Å²) in [5.41, 5.74) is 9.05. The largest absolute Gasteiger partial charge is 0.323 e. The summed E-state index contributed by atoms with van der Waals surface area (Å²) in [7, 11) is 0. The van der Waals surface area contributed by atoms with Crippen LogP contribution in [-0.4, -0.2) is 20.4 Å². The number of aromatic nitrogens is 3. The lowest BCUT2D eigenvalue weighted by molar-refractivity contribution is 0.527. The van der Waals surface area contributed by atoms with Gasteiger partial charge in [0.05, 0.1) is 0 Å². The second-order valence-corrected chi connectivity index (χ2v) is 5.97. The molecule has 0 bridgehead atoms. The van der Waals surface area contributed by atoms with Gasteiger partial charge in [0.1, 0.15) is 6.33 Å². The van der Waals surface area contributed by atoms with Gasteiger partial charge in [-0.05, 0) is 23.5 Å². The second kappa shape index (κ2) is 4.74. The molecule has 5 heteroatoms. The van der Waals surface area contributed by atoms with E-state index in [-0.39, 0.29) is 6.04 Å². The van der Waals surface area contributed by atoms with Crippen LogP contribution >= 0.6 is 11.8 Å². The lowest BCUT2D eigenvalue weighted by Crippen LogP contribution is -2.30. The highest BCUT2D eigenvalue weighted by molar-refractivity contribution is 7.99. The molecule has 3 atom stereocenters. The van der Waals surface area contributed by atoms with Crippen molar-refractivity contribution in [1.82, 2.24) is 15.2 Å². The Labute approximate surface area is 110 Å². The first-order valence-corrected chi connectivity index (χ1v) is 7.00. The number of nitrogens with one attached hydrogen (secondary N) is 1. The van der Waals surface area contributed by atoms with Crippen LogP contribution < -0.4 is 5.73 Å². The van der Waals surface area contributed by atoms with Crippen LogP contribution in [0.2, 0.25) is 0 Å². The van der Waals surface area contributed by atoms with Crippen LogP contribution in [0.4, 0.5) is 0 Å². The first-order chi connectivity index (χ1) is 8.75. The quantitative estimate of drug-likeness (QED) is 0.870. The maximum Gasteiger partial charge on any atom is 0.183 e. The summed E-state index contributed by atoms with van der Waals surface area (Å²) in [4.78, 5) is 4.17. The van der Waals surface area contributed by atoms with E-state index >= 15 is 0 Å². The first-order valence-electron chi connectivity index (χ1n) is 6.12. The van der Waals surface area contributed by atoms with Gasteiger partial charge in [0.25, 0.3) is 0 Å². The van der Waals surface area contributed by atoms with Crippen molar-refractivity contribution in [2.75, 3.05) is 0 Å². The highest BCUT2D eigenvalue weighted by Crippen LogP contribution is 2.42. The van der Waals surface area contributed by atoms with Gasteiger partial charge >= 0.3 is 0 Å². The number of nitrogens with zero attached hydrogens (tertiary/aromatic N) is 2. The molecule has 3 unspecified atom stereocenters. The van der Waals surface area contributed by atoms with Crippen molar-refractivity contribution in [2.24, 2.45) is 5.73 Å². The molecule has 0 aliphatic heterocycles. The molecule has 0 radical (unpaired) electrons.